The highest BCUT2D eigenvalue weighted by atomic mass is 16.4. The van der Waals surface area contributed by atoms with Gasteiger partial charge in [0.05, 0.1) is 5.57 Å². The van der Waals surface area contributed by atoms with Crippen LogP contribution in [0.15, 0.2) is 79.0 Å². The molecule has 5 heteroatoms. The molecule has 0 atom stereocenters. The van der Waals surface area contributed by atoms with E-state index in [-0.39, 0.29) is 31.0 Å². The number of ketones is 2. The Morgan fingerprint density at radius 3 is 1.67 bits per heavy atom. The summed E-state index contributed by atoms with van der Waals surface area (Å²) in [6, 6.07) is 19.1. The van der Waals surface area contributed by atoms with Gasteiger partial charge in [-0.3, -0.25) is 9.59 Å². The average molecular weight is 483 g/mol. The van der Waals surface area contributed by atoms with Crippen molar-refractivity contribution in [1.29, 1.82) is 0 Å². The number of allylic oxidation sites excluding steroid dienone is 4. The molecule has 0 bridgehead atoms. The van der Waals surface area contributed by atoms with Gasteiger partial charge in [0.25, 0.3) is 0 Å². The van der Waals surface area contributed by atoms with Crippen molar-refractivity contribution in [2.24, 2.45) is 0 Å². The van der Waals surface area contributed by atoms with E-state index in [2.05, 4.69) is 0 Å². The summed E-state index contributed by atoms with van der Waals surface area (Å²) < 4.78 is 1.53. The smallest absolute Gasteiger partial charge is 0.370 e. The third-order valence-electron chi connectivity index (χ3n) is 6.08. The molecule has 0 aliphatic heterocycles. The Kier molecular flexibility index (Phi) is 8.85. The molecular formula is C31H32NO4+. The van der Waals surface area contributed by atoms with Gasteiger partial charge in [-0.15, -0.1) is 0 Å². The first-order valence-electron chi connectivity index (χ1n) is 12.0. The van der Waals surface area contributed by atoms with E-state index in [1.807, 2.05) is 62.4 Å². The molecule has 0 amide bonds. The molecule has 1 heterocycles. The van der Waals surface area contributed by atoms with E-state index in [0.717, 1.165) is 22.3 Å². The standard InChI is InChI=1S/C31H31NO4/c1-5-26(29(33)17-23-11-7-21(3)8-12-23)25-15-16-32(20-31(35)36)28(19-25)27(6-2)30(34)18-24-13-9-22(4)10-14-24/h5-16,19H,17-18,20H2,1-4H3/p+1/b26-5-,27-6-. The predicted molar refractivity (Wildman–Crippen MR) is 141 cm³/mol. The molecule has 1 aromatic heterocycles. The molecule has 36 heavy (non-hydrogen) atoms. The van der Waals surface area contributed by atoms with Gasteiger partial charge in [0.1, 0.15) is 0 Å². The highest BCUT2D eigenvalue weighted by Gasteiger charge is 2.25. The van der Waals surface area contributed by atoms with Crippen LogP contribution in [-0.4, -0.2) is 22.6 Å². The molecule has 0 aliphatic carbocycles. The van der Waals surface area contributed by atoms with Crippen molar-refractivity contribution >= 4 is 28.7 Å². The van der Waals surface area contributed by atoms with Crippen molar-refractivity contribution in [3.8, 4) is 0 Å². The molecule has 2 aromatic carbocycles. The predicted octanol–water partition coefficient (Wildman–Crippen LogP) is 5.11. The number of Topliss-reactive ketones (excluding diaryl/α,β-unsaturated/α-hetero) is 2. The van der Waals surface area contributed by atoms with Crippen LogP contribution in [0.2, 0.25) is 0 Å². The SMILES string of the molecule is C/C=C(\C(=O)Cc1ccc(C)cc1)c1cc[n+](CC(=O)O)c(/C(=C/C)C(=O)Cc2ccc(C)cc2)c1. The molecule has 184 valence electrons. The summed E-state index contributed by atoms with van der Waals surface area (Å²) in [6.45, 7) is 7.26. The summed E-state index contributed by atoms with van der Waals surface area (Å²) in [4.78, 5) is 38.0. The van der Waals surface area contributed by atoms with Gasteiger partial charge in [-0.2, -0.15) is 4.57 Å². The van der Waals surface area contributed by atoms with Crippen LogP contribution >= 0.6 is 0 Å². The second-order valence-electron chi connectivity index (χ2n) is 8.90. The number of nitrogens with zero attached hydrogens (tertiary/aromatic N) is 1. The number of aromatic nitrogens is 1. The molecule has 0 aliphatic rings. The van der Waals surface area contributed by atoms with Crippen LogP contribution in [-0.2, 0) is 33.8 Å². The number of aryl methyl sites for hydroxylation is 2. The number of carboxylic acids is 1. The van der Waals surface area contributed by atoms with E-state index in [4.69, 9.17) is 0 Å². The van der Waals surface area contributed by atoms with E-state index >= 15 is 0 Å². The largest absolute Gasteiger partial charge is 0.477 e. The third kappa shape index (κ3) is 6.72. The first-order chi connectivity index (χ1) is 17.2. The van der Waals surface area contributed by atoms with Gasteiger partial charge < -0.3 is 5.11 Å². The molecular weight excluding hydrogens is 450 g/mol. The van der Waals surface area contributed by atoms with Crippen LogP contribution < -0.4 is 4.57 Å². The lowest BCUT2D eigenvalue weighted by Gasteiger charge is -2.11. The van der Waals surface area contributed by atoms with Crippen LogP contribution in [0.25, 0.3) is 11.1 Å². The molecule has 5 nitrogen and oxygen atoms in total. The minimum atomic E-state index is -1.02. The maximum absolute atomic E-state index is 13.3. The number of carbonyl (C=O) groups is 3. The number of pyridine rings is 1. The normalized spacial score (nSPS) is 11.9. The summed E-state index contributed by atoms with van der Waals surface area (Å²) in [5.41, 5.74) is 6.10. The van der Waals surface area contributed by atoms with E-state index in [1.54, 1.807) is 44.3 Å². The Bertz CT molecular complexity index is 1330. The molecule has 0 spiro atoms. The van der Waals surface area contributed by atoms with E-state index < -0.39 is 5.97 Å². The summed E-state index contributed by atoms with van der Waals surface area (Å²) in [5, 5.41) is 9.45. The lowest BCUT2D eigenvalue weighted by atomic mass is 9.94. The Morgan fingerprint density at radius 1 is 0.750 bits per heavy atom. The van der Waals surface area contributed by atoms with Crippen molar-refractivity contribution < 1.29 is 24.1 Å². The lowest BCUT2D eigenvalue weighted by Crippen LogP contribution is -2.42. The van der Waals surface area contributed by atoms with Crippen LogP contribution in [0.5, 0.6) is 0 Å². The van der Waals surface area contributed by atoms with Crippen molar-refractivity contribution in [3.05, 3.63) is 113 Å². The molecule has 3 aromatic rings. The number of carboxylic acid groups (broad SMARTS) is 1. The Balaban J connectivity index is 1.96. The summed E-state index contributed by atoms with van der Waals surface area (Å²) in [7, 11) is 0. The number of rotatable bonds is 10. The lowest BCUT2D eigenvalue weighted by molar-refractivity contribution is -0.687. The first kappa shape index (κ1) is 26.5. The van der Waals surface area contributed by atoms with Crippen molar-refractivity contribution in [2.75, 3.05) is 0 Å². The van der Waals surface area contributed by atoms with Crippen LogP contribution in [0.1, 0.15) is 47.4 Å². The van der Waals surface area contributed by atoms with E-state index in [1.165, 1.54) is 4.57 Å². The fourth-order valence-electron chi connectivity index (χ4n) is 4.13. The highest BCUT2D eigenvalue weighted by molar-refractivity contribution is 6.23. The third-order valence-corrected chi connectivity index (χ3v) is 6.08. The van der Waals surface area contributed by atoms with Crippen molar-refractivity contribution in [2.45, 2.75) is 47.1 Å². The Hall–Kier alpha value is -4.12. The molecule has 3 rings (SSSR count). The van der Waals surface area contributed by atoms with Gasteiger partial charge in [-0.25, -0.2) is 4.79 Å². The summed E-state index contributed by atoms with van der Waals surface area (Å²) in [5.74, 6) is -1.18. The second kappa shape index (κ2) is 12.0. The minimum absolute atomic E-state index is 0.0451. The zero-order valence-corrected chi connectivity index (χ0v) is 21.2. The van der Waals surface area contributed by atoms with Gasteiger partial charge in [0.2, 0.25) is 12.2 Å². The maximum atomic E-state index is 13.3. The van der Waals surface area contributed by atoms with Gasteiger partial charge in [0, 0.05) is 30.5 Å². The van der Waals surface area contributed by atoms with Crippen molar-refractivity contribution in [3.63, 3.8) is 0 Å². The Labute approximate surface area is 212 Å². The van der Waals surface area contributed by atoms with E-state index in [0.29, 0.717) is 22.4 Å². The van der Waals surface area contributed by atoms with Gasteiger partial charge in [-0.05, 0) is 44.4 Å². The topological polar surface area (TPSA) is 75.3 Å². The van der Waals surface area contributed by atoms with Crippen molar-refractivity contribution in [1.82, 2.24) is 0 Å². The number of aliphatic carboxylic acids is 1. The molecule has 0 saturated carbocycles. The molecule has 1 N–H and O–H groups in total. The zero-order valence-electron chi connectivity index (χ0n) is 21.2. The number of hydrogen-bond donors (Lipinski definition) is 1. The first-order valence-corrected chi connectivity index (χ1v) is 12.0. The quantitative estimate of drug-likeness (QED) is 0.322. The highest BCUT2D eigenvalue weighted by Crippen LogP contribution is 2.22. The Morgan fingerprint density at radius 2 is 1.22 bits per heavy atom. The summed E-state index contributed by atoms with van der Waals surface area (Å²) in [6.07, 6.45) is 5.55. The maximum Gasteiger partial charge on any atom is 0.370 e. The summed E-state index contributed by atoms with van der Waals surface area (Å²) >= 11 is 0. The van der Waals surface area contributed by atoms with Crippen LogP contribution in [0.3, 0.4) is 0 Å². The fourth-order valence-corrected chi connectivity index (χ4v) is 4.13. The van der Waals surface area contributed by atoms with E-state index in [9.17, 15) is 19.5 Å². The minimum Gasteiger partial charge on any atom is -0.477 e. The fraction of sp³-hybridized carbons (Fsp3) is 0.226. The molecule has 0 unspecified atom stereocenters. The zero-order chi connectivity index (χ0) is 26.2. The monoisotopic (exact) mass is 482 g/mol. The molecule has 0 saturated heterocycles. The van der Waals surface area contributed by atoms with Gasteiger partial charge in [-0.1, -0.05) is 71.8 Å². The molecule has 0 fully saturated rings. The van der Waals surface area contributed by atoms with Crippen LogP contribution in [0.4, 0.5) is 0 Å². The number of carbonyl (C=O) groups excluding carboxylic acids is 2. The average Bonchev–Trinajstić information content (AvgIpc) is 2.84. The number of hydrogen-bond acceptors (Lipinski definition) is 3. The van der Waals surface area contributed by atoms with Gasteiger partial charge >= 0.3 is 5.97 Å². The molecule has 0 radical (unpaired) electrons. The van der Waals surface area contributed by atoms with Gasteiger partial charge in [0.15, 0.2) is 17.8 Å². The van der Waals surface area contributed by atoms with Crippen LogP contribution in [0, 0.1) is 13.8 Å². The second-order valence-corrected chi connectivity index (χ2v) is 8.90. The number of benzene rings is 2.